The third-order valence-electron chi connectivity index (χ3n) is 1.63. The van der Waals surface area contributed by atoms with E-state index in [2.05, 4.69) is 5.32 Å². The second-order valence-electron chi connectivity index (χ2n) is 4.05. The van der Waals surface area contributed by atoms with Crippen LogP contribution in [0.25, 0.3) is 0 Å². The average molecular weight is 257 g/mol. The summed E-state index contributed by atoms with van der Waals surface area (Å²) in [6.45, 7) is 6.53. The molecule has 6 nitrogen and oxygen atoms in total. The van der Waals surface area contributed by atoms with Gasteiger partial charge in [-0.2, -0.15) is 0 Å². The van der Waals surface area contributed by atoms with Crippen molar-refractivity contribution in [2.45, 2.75) is 39.8 Å². The van der Waals surface area contributed by atoms with Crippen molar-refractivity contribution in [3.05, 3.63) is 12.2 Å². The number of hydrogen-bond donors (Lipinski definition) is 1. The molecule has 0 bridgehead atoms. The molecule has 0 rings (SSSR count). The Bertz CT molecular complexity index is 335. The number of carbonyl (C=O) groups excluding carboxylic acids is 3. The Morgan fingerprint density at radius 3 is 2.17 bits per heavy atom. The molecule has 0 aromatic heterocycles. The predicted octanol–water partition coefficient (Wildman–Crippen LogP) is 0.562. The molecule has 0 fully saturated rings. The SMILES string of the molecule is CC(=O)NC(C)COC(=O)/C=C/C(=O)OC(C)C. The van der Waals surface area contributed by atoms with E-state index in [1.807, 2.05) is 0 Å². The van der Waals surface area contributed by atoms with E-state index < -0.39 is 11.9 Å². The summed E-state index contributed by atoms with van der Waals surface area (Å²) in [6, 6.07) is -0.275. The van der Waals surface area contributed by atoms with Crippen LogP contribution in [0.15, 0.2) is 12.2 Å². The van der Waals surface area contributed by atoms with E-state index in [0.29, 0.717) is 0 Å². The highest BCUT2D eigenvalue weighted by Crippen LogP contribution is 1.92. The normalized spacial score (nSPS) is 12.3. The van der Waals surface area contributed by atoms with Gasteiger partial charge < -0.3 is 14.8 Å². The first-order chi connectivity index (χ1) is 8.31. The fraction of sp³-hybridized carbons (Fsp3) is 0.583. The molecule has 0 spiro atoms. The Hall–Kier alpha value is -1.85. The van der Waals surface area contributed by atoms with Crippen LogP contribution in [0.5, 0.6) is 0 Å². The van der Waals surface area contributed by atoms with Crippen molar-refractivity contribution in [1.29, 1.82) is 0 Å². The summed E-state index contributed by atoms with van der Waals surface area (Å²) in [5.41, 5.74) is 0. The molecule has 1 N–H and O–H groups in total. The first-order valence-electron chi connectivity index (χ1n) is 5.63. The van der Waals surface area contributed by atoms with Crippen LogP contribution in [-0.2, 0) is 23.9 Å². The summed E-state index contributed by atoms with van der Waals surface area (Å²) < 4.78 is 9.60. The molecular weight excluding hydrogens is 238 g/mol. The lowest BCUT2D eigenvalue weighted by Crippen LogP contribution is -2.34. The van der Waals surface area contributed by atoms with Gasteiger partial charge in [-0.15, -0.1) is 0 Å². The summed E-state index contributed by atoms with van der Waals surface area (Å²) in [5.74, 6) is -1.46. The Labute approximate surface area is 106 Å². The van der Waals surface area contributed by atoms with Gasteiger partial charge in [0, 0.05) is 19.1 Å². The van der Waals surface area contributed by atoms with E-state index in [1.165, 1.54) is 6.92 Å². The lowest BCUT2D eigenvalue weighted by Gasteiger charge is -2.11. The highest BCUT2D eigenvalue weighted by atomic mass is 16.5. The van der Waals surface area contributed by atoms with Gasteiger partial charge in [0.25, 0.3) is 0 Å². The molecule has 0 aromatic carbocycles. The maximum Gasteiger partial charge on any atom is 0.331 e. The molecule has 0 aliphatic rings. The van der Waals surface area contributed by atoms with Gasteiger partial charge >= 0.3 is 11.9 Å². The second kappa shape index (κ2) is 8.27. The molecule has 6 heteroatoms. The summed E-state index contributed by atoms with van der Waals surface area (Å²) in [6.07, 6.45) is 1.76. The Kier molecular flexibility index (Phi) is 7.42. The maximum atomic E-state index is 11.2. The summed E-state index contributed by atoms with van der Waals surface area (Å²) >= 11 is 0. The molecule has 1 amide bonds. The van der Waals surface area contributed by atoms with Crippen molar-refractivity contribution in [1.82, 2.24) is 5.32 Å². The molecule has 0 heterocycles. The fourth-order valence-corrected chi connectivity index (χ4v) is 1.05. The largest absolute Gasteiger partial charge is 0.460 e. The lowest BCUT2D eigenvalue weighted by molar-refractivity contribution is -0.143. The van der Waals surface area contributed by atoms with Crippen molar-refractivity contribution < 1.29 is 23.9 Å². The monoisotopic (exact) mass is 257 g/mol. The molecule has 18 heavy (non-hydrogen) atoms. The van der Waals surface area contributed by atoms with Crippen LogP contribution in [0.4, 0.5) is 0 Å². The number of nitrogens with one attached hydrogen (secondary N) is 1. The van der Waals surface area contributed by atoms with Crippen LogP contribution in [-0.4, -0.2) is 36.6 Å². The van der Waals surface area contributed by atoms with E-state index in [9.17, 15) is 14.4 Å². The third-order valence-corrected chi connectivity index (χ3v) is 1.63. The molecule has 102 valence electrons. The topological polar surface area (TPSA) is 81.7 Å². The van der Waals surface area contributed by atoms with E-state index in [1.54, 1.807) is 20.8 Å². The minimum atomic E-state index is -0.659. The standard InChI is InChI=1S/C12H19NO5/c1-8(2)18-12(16)6-5-11(15)17-7-9(3)13-10(4)14/h5-6,8-9H,7H2,1-4H3,(H,13,14)/b6-5+. The highest BCUT2D eigenvalue weighted by Gasteiger charge is 2.07. The predicted molar refractivity (Wildman–Crippen MR) is 64.6 cm³/mol. The van der Waals surface area contributed by atoms with Crippen molar-refractivity contribution in [2.75, 3.05) is 6.61 Å². The van der Waals surface area contributed by atoms with Crippen LogP contribution in [0, 0.1) is 0 Å². The molecule has 0 saturated carbocycles. The molecule has 0 saturated heterocycles. The van der Waals surface area contributed by atoms with Gasteiger partial charge in [0.2, 0.25) is 5.91 Å². The van der Waals surface area contributed by atoms with Crippen molar-refractivity contribution in [3.8, 4) is 0 Å². The van der Waals surface area contributed by atoms with Crippen molar-refractivity contribution in [3.63, 3.8) is 0 Å². The third kappa shape index (κ3) is 9.38. The van der Waals surface area contributed by atoms with E-state index in [0.717, 1.165) is 12.2 Å². The quantitative estimate of drug-likeness (QED) is 0.555. The van der Waals surface area contributed by atoms with Gasteiger partial charge in [-0.3, -0.25) is 4.79 Å². The zero-order valence-electron chi connectivity index (χ0n) is 11.1. The van der Waals surface area contributed by atoms with E-state index in [4.69, 9.17) is 9.47 Å². The maximum absolute atomic E-state index is 11.2. The average Bonchev–Trinajstić information content (AvgIpc) is 2.21. The van der Waals surface area contributed by atoms with Crippen molar-refractivity contribution >= 4 is 17.8 Å². The number of amides is 1. The van der Waals surface area contributed by atoms with Gasteiger partial charge in [-0.1, -0.05) is 0 Å². The number of hydrogen-bond acceptors (Lipinski definition) is 5. The van der Waals surface area contributed by atoms with E-state index in [-0.39, 0.29) is 24.7 Å². The van der Waals surface area contributed by atoms with E-state index >= 15 is 0 Å². The number of ether oxygens (including phenoxy) is 2. The molecule has 0 radical (unpaired) electrons. The zero-order valence-corrected chi connectivity index (χ0v) is 11.1. The molecule has 1 unspecified atom stereocenters. The minimum Gasteiger partial charge on any atom is -0.460 e. The summed E-state index contributed by atoms with van der Waals surface area (Å²) in [7, 11) is 0. The number of carbonyl (C=O) groups is 3. The molecular formula is C12H19NO5. The second-order valence-corrected chi connectivity index (χ2v) is 4.05. The van der Waals surface area contributed by atoms with Gasteiger partial charge in [-0.25, -0.2) is 9.59 Å². The Morgan fingerprint density at radius 1 is 1.11 bits per heavy atom. The van der Waals surface area contributed by atoms with Gasteiger partial charge in [0.05, 0.1) is 12.1 Å². The van der Waals surface area contributed by atoms with Crippen LogP contribution in [0.3, 0.4) is 0 Å². The van der Waals surface area contributed by atoms with Gasteiger partial charge in [-0.05, 0) is 20.8 Å². The van der Waals surface area contributed by atoms with Crippen LogP contribution in [0.1, 0.15) is 27.7 Å². The Morgan fingerprint density at radius 2 is 1.67 bits per heavy atom. The van der Waals surface area contributed by atoms with Gasteiger partial charge in [0.15, 0.2) is 0 Å². The van der Waals surface area contributed by atoms with Crippen molar-refractivity contribution in [2.24, 2.45) is 0 Å². The smallest absolute Gasteiger partial charge is 0.331 e. The first kappa shape index (κ1) is 16.1. The lowest BCUT2D eigenvalue weighted by atomic mass is 10.3. The number of rotatable bonds is 6. The fourth-order valence-electron chi connectivity index (χ4n) is 1.05. The molecule has 0 aromatic rings. The summed E-state index contributed by atoms with van der Waals surface area (Å²) in [5, 5.41) is 2.56. The van der Waals surface area contributed by atoms with Gasteiger partial charge in [0.1, 0.15) is 6.61 Å². The summed E-state index contributed by atoms with van der Waals surface area (Å²) in [4.78, 5) is 33.0. The zero-order chi connectivity index (χ0) is 14.1. The van der Waals surface area contributed by atoms with Crippen LogP contribution < -0.4 is 5.32 Å². The molecule has 1 atom stereocenters. The Balaban J connectivity index is 3.93. The molecule has 0 aliphatic heterocycles. The molecule has 0 aliphatic carbocycles. The minimum absolute atomic E-state index is 0.0436. The van der Waals surface area contributed by atoms with Crippen LogP contribution in [0.2, 0.25) is 0 Å². The van der Waals surface area contributed by atoms with Crippen LogP contribution >= 0.6 is 0 Å². The first-order valence-corrected chi connectivity index (χ1v) is 5.63. The highest BCUT2D eigenvalue weighted by molar-refractivity contribution is 5.91. The number of esters is 2.